The summed E-state index contributed by atoms with van der Waals surface area (Å²) in [5.41, 5.74) is 2.21. The van der Waals surface area contributed by atoms with Crippen molar-refractivity contribution in [3.05, 3.63) is 47.2 Å². The van der Waals surface area contributed by atoms with Gasteiger partial charge in [0.05, 0.1) is 0 Å². The second-order valence-corrected chi connectivity index (χ2v) is 4.32. The standard InChI is InChI=1S/C14H15N3O3/c1-8-6-10(13(18)15-3)4-5-11(8)17-14(19)12-9(2)20-7-16-12/h4-7H,1-3H3,(H,15,18)(H,17,19). The van der Waals surface area contributed by atoms with E-state index in [0.717, 1.165) is 5.56 Å². The Morgan fingerprint density at radius 3 is 2.50 bits per heavy atom. The maximum Gasteiger partial charge on any atom is 0.277 e. The Morgan fingerprint density at radius 1 is 1.20 bits per heavy atom. The summed E-state index contributed by atoms with van der Waals surface area (Å²) in [6.45, 7) is 3.49. The molecular formula is C14H15N3O3. The number of hydrogen-bond acceptors (Lipinski definition) is 4. The van der Waals surface area contributed by atoms with Gasteiger partial charge in [0.25, 0.3) is 11.8 Å². The van der Waals surface area contributed by atoms with Gasteiger partial charge in [0, 0.05) is 18.3 Å². The molecule has 0 spiro atoms. The average Bonchev–Trinajstić information content (AvgIpc) is 2.86. The molecule has 2 amide bonds. The van der Waals surface area contributed by atoms with Crippen LogP contribution in [0.2, 0.25) is 0 Å². The number of rotatable bonds is 3. The van der Waals surface area contributed by atoms with Crippen LogP contribution in [0.25, 0.3) is 0 Å². The number of anilines is 1. The molecule has 2 N–H and O–H groups in total. The molecule has 0 bridgehead atoms. The summed E-state index contributed by atoms with van der Waals surface area (Å²) < 4.78 is 4.99. The normalized spacial score (nSPS) is 10.2. The molecule has 1 aromatic carbocycles. The molecule has 20 heavy (non-hydrogen) atoms. The molecule has 0 aliphatic heterocycles. The van der Waals surface area contributed by atoms with Crippen LogP contribution in [0.3, 0.4) is 0 Å². The number of aryl methyl sites for hydroxylation is 2. The number of aromatic nitrogens is 1. The van der Waals surface area contributed by atoms with Crippen LogP contribution in [0.5, 0.6) is 0 Å². The van der Waals surface area contributed by atoms with E-state index in [1.165, 1.54) is 6.39 Å². The highest BCUT2D eigenvalue weighted by atomic mass is 16.3. The van der Waals surface area contributed by atoms with E-state index in [4.69, 9.17) is 4.42 Å². The van der Waals surface area contributed by atoms with Crippen LogP contribution in [0.4, 0.5) is 5.69 Å². The van der Waals surface area contributed by atoms with Crippen LogP contribution in [0.1, 0.15) is 32.2 Å². The van der Waals surface area contributed by atoms with Crippen molar-refractivity contribution in [3.63, 3.8) is 0 Å². The fraction of sp³-hybridized carbons (Fsp3) is 0.214. The zero-order chi connectivity index (χ0) is 14.7. The second-order valence-electron chi connectivity index (χ2n) is 4.32. The van der Waals surface area contributed by atoms with Gasteiger partial charge in [-0.3, -0.25) is 9.59 Å². The van der Waals surface area contributed by atoms with E-state index in [-0.39, 0.29) is 17.5 Å². The molecule has 6 nitrogen and oxygen atoms in total. The van der Waals surface area contributed by atoms with Crippen molar-refractivity contribution in [1.82, 2.24) is 10.3 Å². The second kappa shape index (κ2) is 5.56. The molecule has 6 heteroatoms. The first-order chi connectivity index (χ1) is 9.52. The number of amides is 2. The van der Waals surface area contributed by atoms with Gasteiger partial charge in [-0.2, -0.15) is 0 Å². The lowest BCUT2D eigenvalue weighted by atomic mass is 10.1. The molecular weight excluding hydrogens is 258 g/mol. The minimum Gasteiger partial charge on any atom is -0.448 e. The van der Waals surface area contributed by atoms with Crippen molar-refractivity contribution in [2.24, 2.45) is 0 Å². The van der Waals surface area contributed by atoms with Gasteiger partial charge in [0.15, 0.2) is 12.1 Å². The molecule has 1 heterocycles. The van der Waals surface area contributed by atoms with E-state index < -0.39 is 0 Å². The Balaban J connectivity index is 2.20. The predicted molar refractivity (Wildman–Crippen MR) is 73.8 cm³/mol. The number of oxazole rings is 1. The van der Waals surface area contributed by atoms with Crippen molar-refractivity contribution < 1.29 is 14.0 Å². The van der Waals surface area contributed by atoms with E-state index in [1.54, 1.807) is 32.2 Å². The first-order valence-electron chi connectivity index (χ1n) is 6.07. The SMILES string of the molecule is CNC(=O)c1ccc(NC(=O)c2ncoc2C)c(C)c1. The largest absolute Gasteiger partial charge is 0.448 e. The third-order valence-corrected chi connectivity index (χ3v) is 2.92. The van der Waals surface area contributed by atoms with Crippen molar-refractivity contribution in [1.29, 1.82) is 0 Å². The lowest BCUT2D eigenvalue weighted by Crippen LogP contribution is -2.18. The highest BCUT2D eigenvalue weighted by molar-refractivity contribution is 6.04. The number of hydrogen-bond donors (Lipinski definition) is 2. The molecule has 0 aliphatic carbocycles. The summed E-state index contributed by atoms with van der Waals surface area (Å²) in [4.78, 5) is 27.4. The molecule has 0 aliphatic rings. The molecule has 2 aromatic rings. The molecule has 0 atom stereocenters. The number of benzene rings is 1. The van der Waals surface area contributed by atoms with Crippen LogP contribution in [-0.4, -0.2) is 23.8 Å². The maximum atomic E-state index is 12.0. The zero-order valence-electron chi connectivity index (χ0n) is 11.5. The summed E-state index contributed by atoms with van der Waals surface area (Å²) in [7, 11) is 1.57. The lowest BCUT2D eigenvalue weighted by molar-refractivity contribution is 0.0962. The van der Waals surface area contributed by atoms with Gasteiger partial charge in [-0.15, -0.1) is 0 Å². The van der Waals surface area contributed by atoms with Gasteiger partial charge in [-0.25, -0.2) is 4.98 Å². The molecule has 0 radical (unpaired) electrons. The van der Waals surface area contributed by atoms with Crippen LogP contribution in [0, 0.1) is 13.8 Å². The summed E-state index contributed by atoms with van der Waals surface area (Å²) in [5, 5.41) is 5.29. The summed E-state index contributed by atoms with van der Waals surface area (Å²) in [6.07, 6.45) is 1.23. The molecule has 1 aromatic heterocycles. The van der Waals surface area contributed by atoms with Crippen molar-refractivity contribution in [2.75, 3.05) is 12.4 Å². The fourth-order valence-corrected chi connectivity index (χ4v) is 1.79. The lowest BCUT2D eigenvalue weighted by Gasteiger charge is -2.09. The Bertz CT molecular complexity index is 661. The van der Waals surface area contributed by atoms with Crippen molar-refractivity contribution in [3.8, 4) is 0 Å². The third-order valence-electron chi connectivity index (χ3n) is 2.92. The molecule has 2 rings (SSSR count). The van der Waals surface area contributed by atoms with Crippen LogP contribution in [-0.2, 0) is 0 Å². The van der Waals surface area contributed by atoms with Gasteiger partial charge in [0.2, 0.25) is 0 Å². The highest BCUT2D eigenvalue weighted by Gasteiger charge is 2.15. The van der Waals surface area contributed by atoms with E-state index in [1.807, 2.05) is 6.92 Å². The topological polar surface area (TPSA) is 84.2 Å². The predicted octanol–water partition coefficient (Wildman–Crippen LogP) is 1.90. The number of carbonyl (C=O) groups is 2. The van der Waals surface area contributed by atoms with Gasteiger partial charge in [-0.1, -0.05) is 0 Å². The minimum absolute atomic E-state index is 0.168. The molecule has 0 saturated heterocycles. The fourth-order valence-electron chi connectivity index (χ4n) is 1.79. The number of nitrogens with zero attached hydrogens (tertiary/aromatic N) is 1. The Kier molecular flexibility index (Phi) is 3.84. The highest BCUT2D eigenvalue weighted by Crippen LogP contribution is 2.18. The first kappa shape index (κ1) is 13.8. The number of carbonyl (C=O) groups excluding carboxylic acids is 2. The average molecular weight is 273 g/mol. The maximum absolute atomic E-state index is 12.0. The van der Waals surface area contributed by atoms with Gasteiger partial charge in [0.1, 0.15) is 5.76 Å². The third kappa shape index (κ3) is 2.69. The van der Waals surface area contributed by atoms with Gasteiger partial charge >= 0.3 is 0 Å². The van der Waals surface area contributed by atoms with E-state index in [2.05, 4.69) is 15.6 Å². The molecule has 104 valence electrons. The van der Waals surface area contributed by atoms with Crippen molar-refractivity contribution in [2.45, 2.75) is 13.8 Å². The van der Waals surface area contributed by atoms with Gasteiger partial charge in [-0.05, 0) is 37.6 Å². The van der Waals surface area contributed by atoms with Crippen molar-refractivity contribution >= 4 is 17.5 Å². The van der Waals surface area contributed by atoms with Crippen LogP contribution >= 0.6 is 0 Å². The quantitative estimate of drug-likeness (QED) is 0.894. The molecule has 0 fully saturated rings. The van der Waals surface area contributed by atoms with Crippen LogP contribution < -0.4 is 10.6 Å². The smallest absolute Gasteiger partial charge is 0.277 e. The van der Waals surface area contributed by atoms with Crippen LogP contribution in [0.15, 0.2) is 29.0 Å². The summed E-state index contributed by atoms with van der Waals surface area (Å²) in [5.74, 6) is -0.0486. The number of nitrogens with one attached hydrogen (secondary N) is 2. The minimum atomic E-state index is -0.341. The summed E-state index contributed by atoms with van der Waals surface area (Å²) in [6, 6.07) is 5.05. The van der Waals surface area contributed by atoms with E-state index >= 15 is 0 Å². The summed E-state index contributed by atoms with van der Waals surface area (Å²) >= 11 is 0. The first-order valence-corrected chi connectivity index (χ1v) is 6.07. The van der Waals surface area contributed by atoms with E-state index in [0.29, 0.717) is 17.0 Å². The zero-order valence-corrected chi connectivity index (χ0v) is 11.5. The Morgan fingerprint density at radius 2 is 1.95 bits per heavy atom. The Labute approximate surface area is 116 Å². The monoisotopic (exact) mass is 273 g/mol. The van der Waals surface area contributed by atoms with Gasteiger partial charge < -0.3 is 15.1 Å². The van der Waals surface area contributed by atoms with E-state index in [9.17, 15) is 9.59 Å². The molecule has 0 saturated carbocycles. The molecule has 0 unspecified atom stereocenters. The Hall–Kier alpha value is -2.63.